The monoisotopic (exact) mass is 382 g/mol. The predicted molar refractivity (Wildman–Crippen MR) is 120 cm³/mol. The fourth-order valence-corrected chi connectivity index (χ4v) is 3.39. The lowest BCUT2D eigenvalue weighted by atomic mass is 10.1. The molecule has 0 atom stereocenters. The SMILES string of the molecule is Cc1ccc(CC/N=C2\N/C(=N/CCc3ccc(C)cc3)c3cnccc32)cc1. The molecule has 0 fully saturated rings. The van der Waals surface area contributed by atoms with Crippen LogP contribution in [0.4, 0.5) is 0 Å². The number of amidine groups is 2. The Morgan fingerprint density at radius 1 is 0.690 bits per heavy atom. The first-order valence-corrected chi connectivity index (χ1v) is 10.1. The van der Waals surface area contributed by atoms with E-state index >= 15 is 0 Å². The Kier molecular flexibility index (Phi) is 5.80. The number of aryl methyl sites for hydroxylation is 2. The molecule has 1 N–H and O–H groups in total. The summed E-state index contributed by atoms with van der Waals surface area (Å²) in [7, 11) is 0. The first-order valence-electron chi connectivity index (χ1n) is 10.1. The van der Waals surface area contributed by atoms with Crippen LogP contribution in [0.5, 0.6) is 0 Å². The third kappa shape index (κ3) is 4.77. The van der Waals surface area contributed by atoms with Crippen molar-refractivity contribution in [1.82, 2.24) is 10.3 Å². The minimum Gasteiger partial charge on any atom is -0.324 e. The molecule has 146 valence electrons. The van der Waals surface area contributed by atoms with E-state index in [0.717, 1.165) is 48.7 Å². The molecule has 1 aliphatic heterocycles. The second-order valence-corrected chi connectivity index (χ2v) is 7.48. The molecule has 4 rings (SSSR count). The Bertz CT molecular complexity index is 947. The number of aliphatic imine (C=N–C) groups is 2. The van der Waals surface area contributed by atoms with E-state index in [1.807, 2.05) is 18.5 Å². The Hall–Kier alpha value is -3.27. The first-order chi connectivity index (χ1) is 14.2. The third-order valence-electron chi connectivity index (χ3n) is 5.15. The number of hydrogen-bond acceptors (Lipinski definition) is 3. The largest absolute Gasteiger partial charge is 0.324 e. The lowest BCUT2D eigenvalue weighted by Gasteiger charge is -2.03. The fourth-order valence-electron chi connectivity index (χ4n) is 3.39. The van der Waals surface area contributed by atoms with E-state index in [1.54, 1.807) is 0 Å². The molecule has 4 nitrogen and oxygen atoms in total. The molecule has 0 aliphatic carbocycles. The van der Waals surface area contributed by atoms with E-state index in [2.05, 4.69) is 72.7 Å². The molecule has 2 heterocycles. The molecule has 0 amide bonds. The predicted octanol–water partition coefficient (Wildman–Crippen LogP) is 4.28. The lowest BCUT2D eigenvalue weighted by molar-refractivity contribution is 0.953. The van der Waals surface area contributed by atoms with Crippen molar-refractivity contribution in [3.05, 3.63) is 100 Å². The minimum absolute atomic E-state index is 0.733. The summed E-state index contributed by atoms with van der Waals surface area (Å²) in [5.41, 5.74) is 7.29. The van der Waals surface area contributed by atoms with Gasteiger partial charge in [-0.05, 0) is 43.9 Å². The molecule has 0 bridgehead atoms. The number of aromatic nitrogens is 1. The zero-order chi connectivity index (χ0) is 20.1. The summed E-state index contributed by atoms with van der Waals surface area (Å²) in [6.07, 6.45) is 5.52. The van der Waals surface area contributed by atoms with Crippen LogP contribution in [0.25, 0.3) is 0 Å². The Labute approximate surface area is 172 Å². The van der Waals surface area contributed by atoms with Crippen LogP contribution in [0.3, 0.4) is 0 Å². The molecule has 0 unspecified atom stereocenters. The van der Waals surface area contributed by atoms with Crippen LogP contribution in [-0.4, -0.2) is 29.7 Å². The van der Waals surface area contributed by atoms with Gasteiger partial charge in [-0.15, -0.1) is 0 Å². The summed E-state index contributed by atoms with van der Waals surface area (Å²) in [5, 5.41) is 3.41. The van der Waals surface area contributed by atoms with Crippen molar-refractivity contribution in [2.45, 2.75) is 26.7 Å². The van der Waals surface area contributed by atoms with E-state index < -0.39 is 0 Å². The Balaban J connectivity index is 1.43. The van der Waals surface area contributed by atoms with E-state index in [9.17, 15) is 0 Å². The molecular weight excluding hydrogens is 356 g/mol. The smallest absolute Gasteiger partial charge is 0.136 e. The van der Waals surface area contributed by atoms with Crippen LogP contribution in [0, 0.1) is 13.8 Å². The van der Waals surface area contributed by atoms with Gasteiger partial charge in [0.25, 0.3) is 0 Å². The highest BCUT2D eigenvalue weighted by Gasteiger charge is 2.22. The van der Waals surface area contributed by atoms with Crippen molar-refractivity contribution < 1.29 is 0 Å². The molecule has 0 spiro atoms. The number of rotatable bonds is 6. The van der Waals surface area contributed by atoms with Crippen molar-refractivity contribution >= 4 is 11.7 Å². The highest BCUT2D eigenvalue weighted by molar-refractivity contribution is 6.25. The molecule has 29 heavy (non-hydrogen) atoms. The van der Waals surface area contributed by atoms with Crippen molar-refractivity contribution in [2.75, 3.05) is 13.1 Å². The van der Waals surface area contributed by atoms with Gasteiger partial charge in [0, 0.05) is 36.6 Å². The van der Waals surface area contributed by atoms with Gasteiger partial charge in [-0.25, -0.2) is 0 Å². The van der Waals surface area contributed by atoms with Crippen LogP contribution in [-0.2, 0) is 12.8 Å². The van der Waals surface area contributed by atoms with Gasteiger partial charge < -0.3 is 5.32 Å². The van der Waals surface area contributed by atoms with Crippen molar-refractivity contribution in [3.8, 4) is 0 Å². The van der Waals surface area contributed by atoms with E-state index in [4.69, 9.17) is 9.98 Å². The summed E-state index contributed by atoms with van der Waals surface area (Å²) >= 11 is 0. The number of fused-ring (bicyclic) bond motifs is 1. The summed E-state index contributed by atoms with van der Waals surface area (Å²) in [4.78, 5) is 13.9. The zero-order valence-corrected chi connectivity index (χ0v) is 17.0. The maximum absolute atomic E-state index is 4.81. The number of nitrogens with zero attached hydrogens (tertiary/aromatic N) is 3. The average molecular weight is 383 g/mol. The molecule has 0 saturated heterocycles. The van der Waals surface area contributed by atoms with Crippen LogP contribution in [0.15, 0.2) is 77.0 Å². The number of hydrogen-bond donors (Lipinski definition) is 1. The van der Waals surface area contributed by atoms with E-state index in [1.165, 1.54) is 22.3 Å². The fraction of sp³-hybridized carbons (Fsp3) is 0.240. The average Bonchev–Trinajstić information content (AvgIpc) is 3.09. The molecule has 1 aliphatic rings. The number of benzene rings is 2. The Morgan fingerprint density at radius 3 is 1.76 bits per heavy atom. The topological polar surface area (TPSA) is 49.6 Å². The second-order valence-electron chi connectivity index (χ2n) is 7.48. The van der Waals surface area contributed by atoms with Crippen molar-refractivity contribution in [2.24, 2.45) is 9.98 Å². The van der Waals surface area contributed by atoms with Crippen molar-refractivity contribution in [1.29, 1.82) is 0 Å². The molecule has 4 heteroatoms. The zero-order valence-electron chi connectivity index (χ0n) is 17.0. The summed E-state index contributed by atoms with van der Waals surface area (Å²) in [6, 6.07) is 19.3. The maximum Gasteiger partial charge on any atom is 0.136 e. The van der Waals surface area contributed by atoms with Crippen LogP contribution in [0.1, 0.15) is 33.4 Å². The maximum atomic E-state index is 4.81. The normalized spacial score (nSPS) is 15.5. The summed E-state index contributed by atoms with van der Waals surface area (Å²) in [5.74, 6) is 1.76. The molecule has 1 aromatic heterocycles. The van der Waals surface area contributed by atoms with Crippen LogP contribution >= 0.6 is 0 Å². The van der Waals surface area contributed by atoms with Gasteiger partial charge in [0.05, 0.1) is 0 Å². The molecule has 2 aromatic carbocycles. The van der Waals surface area contributed by atoms with Gasteiger partial charge in [-0.3, -0.25) is 15.0 Å². The summed E-state index contributed by atoms with van der Waals surface area (Å²) in [6.45, 7) is 5.69. The molecular formula is C25H26N4. The second kappa shape index (κ2) is 8.82. The van der Waals surface area contributed by atoms with Gasteiger partial charge in [-0.1, -0.05) is 59.7 Å². The van der Waals surface area contributed by atoms with Gasteiger partial charge in [0.2, 0.25) is 0 Å². The van der Waals surface area contributed by atoms with Gasteiger partial charge in [-0.2, -0.15) is 0 Å². The highest BCUT2D eigenvalue weighted by atomic mass is 15.1. The van der Waals surface area contributed by atoms with E-state index in [-0.39, 0.29) is 0 Å². The Morgan fingerprint density at radius 2 is 1.21 bits per heavy atom. The van der Waals surface area contributed by atoms with Crippen LogP contribution < -0.4 is 5.32 Å². The molecule has 3 aromatic rings. The molecule has 0 saturated carbocycles. The van der Waals surface area contributed by atoms with Crippen molar-refractivity contribution in [3.63, 3.8) is 0 Å². The highest BCUT2D eigenvalue weighted by Crippen LogP contribution is 2.16. The number of nitrogens with one attached hydrogen (secondary N) is 1. The summed E-state index contributed by atoms with van der Waals surface area (Å²) < 4.78 is 0. The van der Waals surface area contributed by atoms with Gasteiger partial charge >= 0.3 is 0 Å². The minimum atomic E-state index is 0.733. The van der Waals surface area contributed by atoms with Gasteiger partial charge in [0.1, 0.15) is 11.7 Å². The third-order valence-corrected chi connectivity index (χ3v) is 5.15. The standard InChI is InChI=1S/C25H26N4/c1-18-3-7-20(8-4-18)11-15-27-24-22-13-14-26-17-23(22)25(29-24)28-16-12-21-9-5-19(2)6-10-21/h3-10,13-14,17H,11-12,15-16H2,1-2H3,(H,27,28,29). The van der Waals surface area contributed by atoms with Crippen LogP contribution in [0.2, 0.25) is 0 Å². The van der Waals surface area contributed by atoms with E-state index in [0.29, 0.717) is 0 Å². The first kappa shape index (κ1) is 19.1. The van der Waals surface area contributed by atoms with Gasteiger partial charge in [0.15, 0.2) is 0 Å². The quantitative estimate of drug-likeness (QED) is 0.692. The molecule has 0 radical (unpaired) electrons. The number of pyridine rings is 1. The lowest BCUT2D eigenvalue weighted by Crippen LogP contribution is -2.23.